The highest BCUT2D eigenvalue weighted by molar-refractivity contribution is 5.99. The van der Waals surface area contributed by atoms with E-state index in [4.69, 9.17) is 4.74 Å². The van der Waals surface area contributed by atoms with E-state index in [1.54, 1.807) is 69.2 Å². The lowest BCUT2D eigenvalue weighted by molar-refractivity contribution is -0.157. The largest absolute Gasteiger partial charge is 0.481 e. The van der Waals surface area contributed by atoms with Gasteiger partial charge in [0.05, 0.1) is 25.7 Å². The van der Waals surface area contributed by atoms with Gasteiger partial charge in [0.25, 0.3) is 0 Å². The van der Waals surface area contributed by atoms with Crippen molar-refractivity contribution >= 4 is 65.1 Å². The monoisotopic (exact) mass is 1130 g/mol. The van der Waals surface area contributed by atoms with Crippen LogP contribution in [0.2, 0.25) is 0 Å². The number of amides is 9. The van der Waals surface area contributed by atoms with Gasteiger partial charge >= 0.3 is 11.9 Å². The van der Waals surface area contributed by atoms with Crippen molar-refractivity contribution in [3.8, 4) is 0 Å². The zero-order valence-electron chi connectivity index (χ0n) is 48.5. The third kappa shape index (κ3) is 27.2. The molecular weight excluding hydrogens is 1030 g/mol. The van der Waals surface area contributed by atoms with Crippen LogP contribution < -0.4 is 47.9 Å². The first kappa shape index (κ1) is 71.1. The number of ether oxygens (including phenoxy) is 1. The summed E-state index contributed by atoms with van der Waals surface area (Å²) in [5.41, 5.74) is 0. The Morgan fingerprint density at radius 1 is 0.557 bits per heavy atom. The van der Waals surface area contributed by atoms with Gasteiger partial charge in [-0.1, -0.05) is 108 Å². The Bertz CT molecular complexity index is 2020. The molecule has 25 nitrogen and oxygen atoms in total. The summed E-state index contributed by atoms with van der Waals surface area (Å²) >= 11 is 0. The smallest absolute Gasteiger partial charge is 0.328 e. The van der Waals surface area contributed by atoms with Crippen LogP contribution in [-0.4, -0.2) is 165 Å². The molecule has 0 aromatic rings. The molecule has 1 heterocycles. The maximum Gasteiger partial charge on any atom is 0.328 e. The number of carbonyl (C=O) groups is 11. The molecule has 0 spiro atoms. The highest BCUT2D eigenvalue weighted by Gasteiger charge is 2.40. The summed E-state index contributed by atoms with van der Waals surface area (Å²) in [5.74, 6) is -13.0. The summed E-state index contributed by atoms with van der Waals surface area (Å²) in [5, 5.41) is 63.5. The van der Waals surface area contributed by atoms with Crippen molar-refractivity contribution in [1.82, 2.24) is 47.9 Å². The van der Waals surface area contributed by atoms with Crippen LogP contribution in [0.5, 0.6) is 0 Å². The third-order valence-corrected chi connectivity index (χ3v) is 12.9. The molecule has 1 saturated heterocycles. The topological polar surface area (TPSA) is 386 Å². The Morgan fingerprint density at radius 3 is 1.49 bits per heavy atom. The molecule has 0 bridgehead atoms. The number of unbranched alkanes of at least 4 members (excludes halogenated alkanes) is 4. The minimum Gasteiger partial charge on any atom is -0.481 e. The van der Waals surface area contributed by atoms with Gasteiger partial charge in [-0.25, -0.2) is 4.79 Å². The molecule has 13 N–H and O–H groups in total. The maximum absolute atomic E-state index is 14.7. The van der Waals surface area contributed by atoms with Gasteiger partial charge in [-0.2, -0.15) is 0 Å². The lowest BCUT2D eigenvalue weighted by Crippen LogP contribution is -2.63. The summed E-state index contributed by atoms with van der Waals surface area (Å²) in [6.45, 7) is 18.4. The van der Waals surface area contributed by atoms with E-state index in [9.17, 15) is 73.2 Å². The van der Waals surface area contributed by atoms with E-state index in [-0.39, 0.29) is 55.8 Å². The quantitative estimate of drug-likeness (QED) is 0.0383. The molecule has 1 fully saturated rings. The number of nitrogens with one attached hydrogen (secondary N) is 9. The van der Waals surface area contributed by atoms with Gasteiger partial charge in [0.2, 0.25) is 53.2 Å². The van der Waals surface area contributed by atoms with Gasteiger partial charge in [0, 0.05) is 6.42 Å². The average Bonchev–Trinajstić information content (AvgIpc) is 3.34. The molecule has 0 saturated carbocycles. The Kier molecular flexibility index (Phi) is 32.7. The number of aliphatic hydroxyl groups is 3. The second-order valence-corrected chi connectivity index (χ2v) is 22.7. The highest BCUT2D eigenvalue weighted by Crippen LogP contribution is 2.16. The number of aliphatic hydroxyl groups excluding tert-OH is 3. The summed E-state index contributed by atoms with van der Waals surface area (Å²) < 4.78 is 5.80. The summed E-state index contributed by atoms with van der Waals surface area (Å²) in [6.07, 6.45) is 0.716. The molecule has 1 rings (SSSR count). The van der Waals surface area contributed by atoms with Crippen LogP contribution in [0.3, 0.4) is 0 Å². The number of carbonyl (C=O) groups excluding carboxylic acids is 10. The fraction of sp³-hybridized carbons (Fsp3) is 0.796. The first-order valence-corrected chi connectivity index (χ1v) is 28.0. The highest BCUT2D eigenvalue weighted by atomic mass is 16.5. The lowest BCUT2D eigenvalue weighted by atomic mass is 9.98. The van der Waals surface area contributed by atoms with Crippen LogP contribution in [0, 0.1) is 29.6 Å². The summed E-state index contributed by atoms with van der Waals surface area (Å²) in [4.78, 5) is 152. The number of hydrogen-bond acceptors (Lipinski definition) is 15. The molecule has 11 unspecified atom stereocenters. The fourth-order valence-corrected chi connectivity index (χ4v) is 8.66. The van der Waals surface area contributed by atoms with E-state index in [1.165, 1.54) is 6.92 Å². The molecule has 9 amide bonds. The molecule has 0 aliphatic carbocycles. The van der Waals surface area contributed by atoms with Crippen LogP contribution in [-0.2, 0) is 57.5 Å². The zero-order chi connectivity index (χ0) is 60.3. The molecule has 25 heteroatoms. The molecule has 1 aliphatic heterocycles. The fourth-order valence-electron chi connectivity index (χ4n) is 8.66. The Balaban J connectivity index is 3.98. The van der Waals surface area contributed by atoms with Crippen LogP contribution in [0.15, 0.2) is 0 Å². The molecule has 0 aromatic heterocycles. The minimum atomic E-state index is -1.95. The van der Waals surface area contributed by atoms with Crippen molar-refractivity contribution in [3.63, 3.8) is 0 Å². The Labute approximate surface area is 465 Å². The van der Waals surface area contributed by atoms with Gasteiger partial charge in [-0.15, -0.1) is 0 Å². The number of carboxylic acid groups (broad SMARTS) is 1. The van der Waals surface area contributed by atoms with Gasteiger partial charge in [0.15, 0.2) is 0 Å². The van der Waals surface area contributed by atoms with Crippen LogP contribution in [0.25, 0.3) is 0 Å². The minimum absolute atomic E-state index is 0.00953. The SMILES string of the molecule is CCCCCCCC(O)CC(=O)NC(CC(C)C)C(=O)NC(CCC(=O)O)C(=O)NC1C(=O)NC(C(C)C)C(=O)NC(CC(C)C)C(=O)NC(CO)C(=O)NC(CC(C)C)C(=O)NC(CO)C(=O)NC(CC(C)C)C(=O)OC1C. The van der Waals surface area contributed by atoms with Crippen molar-refractivity contribution in [2.75, 3.05) is 13.2 Å². The number of hydrogen-bond donors (Lipinski definition) is 13. The number of aliphatic carboxylic acids is 1. The van der Waals surface area contributed by atoms with Crippen LogP contribution >= 0.6 is 0 Å². The summed E-state index contributed by atoms with van der Waals surface area (Å²) in [7, 11) is 0. The van der Waals surface area contributed by atoms with E-state index in [1.807, 2.05) is 0 Å². The number of cyclic esters (lactones) is 1. The molecule has 0 aromatic carbocycles. The van der Waals surface area contributed by atoms with Crippen molar-refractivity contribution < 1.29 is 77.9 Å². The van der Waals surface area contributed by atoms with Gasteiger partial charge in [0.1, 0.15) is 60.5 Å². The van der Waals surface area contributed by atoms with Crippen LogP contribution in [0.1, 0.15) is 167 Å². The number of rotatable bonds is 27. The Morgan fingerprint density at radius 2 is 1.03 bits per heavy atom. The number of esters is 1. The van der Waals surface area contributed by atoms with Crippen molar-refractivity contribution in [1.29, 1.82) is 0 Å². The van der Waals surface area contributed by atoms with Gasteiger partial charge in [-0.05, 0) is 75.0 Å². The van der Waals surface area contributed by atoms with E-state index in [0.29, 0.717) is 12.8 Å². The molecule has 79 heavy (non-hydrogen) atoms. The Hall–Kier alpha value is -5.95. The second kappa shape index (κ2) is 36.3. The van der Waals surface area contributed by atoms with Gasteiger partial charge in [-0.3, -0.25) is 47.9 Å². The molecule has 1 aliphatic rings. The predicted octanol–water partition coefficient (Wildman–Crippen LogP) is 0.0962. The summed E-state index contributed by atoms with van der Waals surface area (Å²) in [6, 6.07) is -14.1. The van der Waals surface area contributed by atoms with E-state index in [0.717, 1.165) is 25.7 Å². The van der Waals surface area contributed by atoms with E-state index in [2.05, 4.69) is 54.8 Å². The average molecular weight is 1130 g/mol. The predicted molar refractivity (Wildman–Crippen MR) is 291 cm³/mol. The molecule has 452 valence electrons. The van der Waals surface area contributed by atoms with Crippen molar-refractivity contribution in [3.05, 3.63) is 0 Å². The first-order valence-electron chi connectivity index (χ1n) is 28.0. The second-order valence-electron chi connectivity index (χ2n) is 22.7. The molecule has 0 radical (unpaired) electrons. The van der Waals surface area contributed by atoms with Crippen molar-refractivity contribution in [2.24, 2.45) is 29.6 Å². The molecular formula is C54H95N9O16. The standard InChI is InChI=1S/C54H95N9O16/c1-13-14-15-16-17-18-34(66)25-42(67)55-36(21-28(2)3)47(71)56-35(19-20-43(68)69)46(70)63-45-33(12)79-54(78)39(24-31(8)9)59-51(75)41(27-65)61-48(72)37(22-29(4)5)57-50(74)40(26-64)60-49(73)38(23-30(6)7)58-52(76)44(32(10)11)62-53(45)77/h28-41,44-45,64-66H,13-27H2,1-12H3,(H,55,67)(H,56,71)(H,57,74)(H,58,76)(H,59,75)(H,60,73)(H,61,72)(H,62,77)(H,63,70)(H,68,69). The third-order valence-electron chi connectivity index (χ3n) is 12.9. The van der Waals surface area contributed by atoms with E-state index >= 15 is 0 Å². The first-order chi connectivity index (χ1) is 36.9. The molecule has 11 atom stereocenters. The zero-order valence-corrected chi connectivity index (χ0v) is 48.5. The van der Waals surface area contributed by atoms with Crippen LogP contribution in [0.4, 0.5) is 0 Å². The normalized spacial score (nSPS) is 23.7. The lowest BCUT2D eigenvalue weighted by Gasteiger charge is -2.32. The van der Waals surface area contributed by atoms with E-state index < -0.39 is 164 Å². The van der Waals surface area contributed by atoms with Gasteiger partial charge < -0.3 is 73.0 Å². The van der Waals surface area contributed by atoms with Crippen molar-refractivity contribution in [2.45, 2.75) is 233 Å². The number of carboxylic acids is 1. The maximum atomic E-state index is 14.7.